The molecule has 0 spiro atoms. The van der Waals surface area contributed by atoms with Gasteiger partial charge in [0.1, 0.15) is 5.82 Å². The molecule has 2 aromatic carbocycles. The van der Waals surface area contributed by atoms with E-state index in [0.29, 0.717) is 18.1 Å². The Morgan fingerprint density at radius 1 is 1.04 bits per heavy atom. The summed E-state index contributed by atoms with van der Waals surface area (Å²) in [5, 5.41) is 0. The molecule has 0 N–H and O–H groups in total. The summed E-state index contributed by atoms with van der Waals surface area (Å²) in [6.45, 7) is 1.84. The predicted molar refractivity (Wildman–Crippen MR) is 78.8 cm³/mol. The zero-order valence-electron chi connectivity index (χ0n) is 12.3. The average Bonchev–Trinajstić information content (AvgIpc) is 2.50. The molecule has 1 aliphatic rings. The average molecular weight is 341 g/mol. The molecule has 0 amide bonds. The number of hydrogen-bond acceptors (Lipinski definition) is 2. The summed E-state index contributed by atoms with van der Waals surface area (Å²) in [6.07, 6.45) is 0.433. The fourth-order valence-corrected chi connectivity index (χ4v) is 4.49. The van der Waals surface area contributed by atoms with Crippen LogP contribution < -0.4 is 0 Å². The monoisotopic (exact) mass is 341 g/mol. The van der Waals surface area contributed by atoms with E-state index in [2.05, 4.69) is 0 Å². The summed E-state index contributed by atoms with van der Waals surface area (Å²) in [5.74, 6) is -2.77. The van der Waals surface area contributed by atoms with E-state index < -0.39 is 33.5 Å². The number of benzene rings is 2. The molecule has 7 heteroatoms. The first-order valence-corrected chi connectivity index (χ1v) is 8.50. The molecule has 1 unspecified atom stereocenters. The molecule has 0 saturated carbocycles. The molecule has 3 rings (SSSR count). The predicted octanol–water partition coefficient (Wildman–Crippen LogP) is 3.41. The third kappa shape index (κ3) is 2.74. The van der Waals surface area contributed by atoms with Gasteiger partial charge >= 0.3 is 0 Å². The number of fused-ring (bicyclic) bond motifs is 1. The van der Waals surface area contributed by atoms with Crippen LogP contribution in [-0.4, -0.2) is 19.3 Å². The van der Waals surface area contributed by atoms with Crippen molar-refractivity contribution in [2.24, 2.45) is 0 Å². The van der Waals surface area contributed by atoms with E-state index in [0.717, 1.165) is 17.7 Å². The fraction of sp³-hybridized carbons (Fsp3) is 0.250. The molecular weight excluding hydrogens is 327 g/mol. The summed E-state index contributed by atoms with van der Waals surface area (Å²) in [7, 11) is -4.00. The highest BCUT2D eigenvalue weighted by Crippen LogP contribution is 2.34. The van der Waals surface area contributed by atoms with Crippen molar-refractivity contribution >= 4 is 10.0 Å². The first kappa shape index (κ1) is 16.0. The molecule has 1 heterocycles. The maximum Gasteiger partial charge on any atom is 0.243 e. The third-order valence-electron chi connectivity index (χ3n) is 4.09. The van der Waals surface area contributed by atoms with Crippen LogP contribution >= 0.6 is 0 Å². The second-order valence-electron chi connectivity index (χ2n) is 5.46. The van der Waals surface area contributed by atoms with Crippen LogP contribution in [0.2, 0.25) is 0 Å². The Bertz CT molecular complexity index is 868. The van der Waals surface area contributed by atoms with E-state index >= 15 is 0 Å². The van der Waals surface area contributed by atoms with Crippen molar-refractivity contribution in [2.75, 3.05) is 6.54 Å². The number of halogens is 3. The minimum Gasteiger partial charge on any atom is -0.207 e. The molecule has 0 aliphatic carbocycles. The van der Waals surface area contributed by atoms with Crippen molar-refractivity contribution in [2.45, 2.75) is 24.3 Å². The Morgan fingerprint density at radius 2 is 1.78 bits per heavy atom. The maximum absolute atomic E-state index is 13.5. The lowest BCUT2D eigenvalue weighted by molar-refractivity contribution is 0.325. The van der Waals surface area contributed by atoms with Gasteiger partial charge in [-0.1, -0.05) is 6.07 Å². The lowest BCUT2D eigenvalue weighted by atomic mass is 9.95. The van der Waals surface area contributed by atoms with Crippen LogP contribution in [0.3, 0.4) is 0 Å². The van der Waals surface area contributed by atoms with Crippen LogP contribution in [0.25, 0.3) is 0 Å². The van der Waals surface area contributed by atoms with Gasteiger partial charge in [0.15, 0.2) is 11.6 Å². The second-order valence-corrected chi connectivity index (χ2v) is 7.35. The molecule has 0 bridgehead atoms. The highest BCUT2D eigenvalue weighted by Gasteiger charge is 2.34. The zero-order valence-corrected chi connectivity index (χ0v) is 13.1. The second kappa shape index (κ2) is 5.65. The molecule has 2 aromatic rings. The van der Waals surface area contributed by atoms with E-state index in [4.69, 9.17) is 0 Å². The van der Waals surface area contributed by atoms with E-state index in [1.165, 1.54) is 16.4 Å². The third-order valence-corrected chi connectivity index (χ3v) is 6.06. The standard InChI is InChI=1S/C16H14F3NO2S/c1-10-14-8-12(17)3-2-11(14)6-7-20(10)23(21,22)13-4-5-15(18)16(19)9-13/h2-5,8-10H,6-7H2,1H3. The molecule has 3 nitrogen and oxygen atoms in total. The van der Waals surface area contributed by atoms with Crippen molar-refractivity contribution < 1.29 is 21.6 Å². The molecular formula is C16H14F3NO2S. The van der Waals surface area contributed by atoms with Crippen LogP contribution in [-0.2, 0) is 16.4 Å². The number of hydrogen-bond donors (Lipinski definition) is 0. The SMILES string of the molecule is CC1c2cc(F)ccc2CCN1S(=O)(=O)c1ccc(F)c(F)c1. The van der Waals surface area contributed by atoms with Gasteiger partial charge in [-0.3, -0.25) is 0 Å². The van der Waals surface area contributed by atoms with Gasteiger partial charge in [0.2, 0.25) is 10.0 Å². The van der Waals surface area contributed by atoms with Crippen LogP contribution in [0.4, 0.5) is 13.2 Å². The molecule has 122 valence electrons. The molecule has 1 atom stereocenters. The Labute approximate surface area is 132 Å². The van der Waals surface area contributed by atoms with Gasteiger partial charge in [0.05, 0.1) is 4.90 Å². The lowest BCUT2D eigenvalue weighted by Crippen LogP contribution is -2.38. The van der Waals surface area contributed by atoms with Crippen molar-refractivity contribution in [3.63, 3.8) is 0 Å². The van der Waals surface area contributed by atoms with Crippen molar-refractivity contribution in [1.82, 2.24) is 4.31 Å². The highest BCUT2D eigenvalue weighted by molar-refractivity contribution is 7.89. The van der Waals surface area contributed by atoms with E-state index in [9.17, 15) is 21.6 Å². The van der Waals surface area contributed by atoms with Gasteiger partial charge in [-0.15, -0.1) is 0 Å². The molecule has 0 aromatic heterocycles. The van der Waals surface area contributed by atoms with Gasteiger partial charge in [-0.25, -0.2) is 21.6 Å². The maximum atomic E-state index is 13.5. The molecule has 0 fully saturated rings. The summed E-state index contributed by atoms with van der Waals surface area (Å²) in [4.78, 5) is -0.317. The van der Waals surface area contributed by atoms with Crippen molar-refractivity contribution in [1.29, 1.82) is 0 Å². The van der Waals surface area contributed by atoms with Crippen LogP contribution in [0.5, 0.6) is 0 Å². The van der Waals surface area contributed by atoms with E-state index in [1.807, 2.05) is 0 Å². The zero-order chi connectivity index (χ0) is 16.8. The fourth-order valence-electron chi connectivity index (χ4n) is 2.86. The molecule has 1 aliphatic heterocycles. The summed E-state index contributed by atoms with van der Waals surface area (Å²) >= 11 is 0. The van der Waals surface area contributed by atoms with Crippen LogP contribution in [0.1, 0.15) is 24.1 Å². The quantitative estimate of drug-likeness (QED) is 0.839. The van der Waals surface area contributed by atoms with Gasteiger partial charge in [-0.2, -0.15) is 4.31 Å². The summed E-state index contributed by atoms with van der Waals surface area (Å²) < 4.78 is 66.4. The minimum absolute atomic E-state index is 0.196. The minimum atomic E-state index is -4.00. The molecule has 0 radical (unpaired) electrons. The van der Waals surface area contributed by atoms with E-state index in [1.54, 1.807) is 13.0 Å². The Morgan fingerprint density at radius 3 is 2.48 bits per heavy atom. The first-order valence-electron chi connectivity index (χ1n) is 7.06. The number of rotatable bonds is 2. The summed E-state index contributed by atoms with van der Waals surface area (Å²) in [5.41, 5.74) is 1.47. The Balaban J connectivity index is 2.02. The van der Waals surface area contributed by atoms with Crippen molar-refractivity contribution in [3.8, 4) is 0 Å². The van der Waals surface area contributed by atoms with E-state index in [-0.39, 0.29) is 11.4 Å². The smallest absolute Gasteiger partial charge is 0.207 e. The van der Waals surface area contributed by atoms with Gasteiger partial charge in [0.25, 0.3) is 0 Å². The Kier molecular flexibility index (Phi) is 3.93. The van der Waals surface area contributed by atoms with Crippen molar-refractivity contribution in [3.05, 3.63) is 65.0 Å². The molecule has 0 saturated heterocycles. The summed E-state index contributed by atoms with van der Waals surface area (Å²) in [6, 6.07) is 6.18. The largest absolute Gasteiger partial charge is 0.243 e. The topological polar surface area (TPSA) is 37.4 Å². The molecule has 23 heavy (non-hydrogen) atoms. The number of nitrogens with zero attached hydrogens (tertiary/aromatic N) is 1. The van der Waals surface area contributed by atoms with Gasteiger partial charge in [0, 0.05) is 12.6 Å². The van der Waals surface area contributed by atoms with Crippen LogP contribution in [0, 0.1) is 17.5 Å². The lowest BCUT2D eigenvalue weighted by Gasteiger charge is -2.34. The Hall–Kier alpha value is -1.86. The highest BCUT2D eigenvalue weighted by atomic mass is 32.2. The first-order chi connectivity index (χ1) is 10.8. The van der Waals surface area contributed by atoms with Gasteiger partial charge < -0.3 is 0 Å². The van der Waals surface area contributed by atoms with Crippen LogP contribution in [0.15, 0.2) is 41.3 Å². The number of sulfonamides is 1. The van der Waals surface area contributed by atoms with Gasteiger partial charge in [-0.05, 0) is 54.8 Å². The normalized spacial score (nSPS) is 18.7.